The zero-order chi connectivity index (χ0) is 29.4. The van der Waals surface area contributed by atoms with Crippen LogP contribution < -0.4 is 24.8 Å². The maximum absolute atomic E-state index is 12.7. The van der Waals surface area contributed by atoms with Crippen molar-refractivity contribution in [2.24, 2.45) is 17.8 Å². The summed E-state index contributed by atoms with van der Waals surface area (Å²) < 4.78 is 22.2. The summed E-state index contributed by atoms with van der Waals surface area (Å²) in [6, 6.07) is 1.78. The molecule has 2 N–H and O–H groups in total. The standard InChI is InChI=1S/C29H38N4O7/c1-16(2)27(35)31-26-20(14-30-29(32-26)33-28(36)17(3)4)12-19-13-23(38-6)25(39-7)24(40-15-37-5)21(19)10-11-22(34)18-8-9-18/h10-11,13-14,16-18H,8-9,12,15H2,1-7H3,(H2,30,31,32,33,35,36)/b11-10+. The van der Waals surface area contributed by atoms with Crippen molar-refractivity contribution in [2.75, 3.05) is 38.8 Å². The van der Waals surface area contributed by atoms with Crippen LogP contribution in [0.3, 0.4) is 0 Å². The normalized spacial score (nSPS) is 13.0. The van der Waals surface area contributed by atoms with E-state index in [0.717, 1.165) is 12.8 Å². The van der Waals surface area contributed by atoms with Gasteiger partial charge in [-0.2, -0.15) is 4.98 Å². The van der Waals surface area contributed by atoms with E-state index >= 15 is 0 Å². The molecule has 1 heterocycles. The molecule has 1 fully saturated rings. The van der Waals surface area contributed by atoms with Crippen LogP contribution in [0.15, 0.2) is 18.3 Å². The second-order valence-corrected chi connectivity index (χ2v) is 10.1. The lowest BCUT2D eigenvalue weighted by Crippen LogP contribution is -2.23. The number of benzene rings is 1. The monoisotopic (exact) mass is 554 g/mol. The highest BCUT2D eigenvalue weighted by Crippen LogP contribution is 2.44. The largest absolute Gasteiger partial charge is 0.493 e. The summed E-state index contributed by atoms with van der Waals surface area (Å²) in [5.74, 6) is 0.434. The molecule has 0 atom stereocenters. The van der Waals surface area contributed by atoms with Crippen LogP contribution in [0.1, 0.15) is 57.2 Å². The molecule has 0 unspecified atom stereocenters. The van der Waals surface area contributed by atoms with Gasteiger partial charge in [0.25, 0.3) is 0 Å². The molecule has 2 aromatic rings. The van der Waals surface area contributed by atoms with Gasteiger partial charge in [0.1, 0.15) is 5.82 Å². The molecule has 11 nitrogen and oxygen atoms in total. The number of amides is 2. The van der Waals surface area contributed by atoms with Crippen LogP contribution in [0.2, 0.25) is 0 Å². The van der Waals surface area contributed by atoms with Crippen molar-refractivity contribution in [3.05, 3.63) is 35.0 Å². The van der Waals surface area contributed by atoms with E-state index in [1.807, 2.05) is 0 Å². The summed E-state index contributed by atoms with van der Waals surface area (Å²) >= 11 is 0. The van der Waals surface area contributed by atoms with Crippen molar-refractivity contribution in [1.82, 2.24) is 9.97 Å². The van der Waals surface area contributed by atoms with E-state index < -0.39 is 0 Å². The van der Waals surface area contributed by atoms with Crippen LogP contribution in [-0.4, -0.2) is 55.7 Å². The van der Waals surface area contributed by atoms with Crippen molar-refractivity contribution < 1.29 is 33.3 Å². The Kier molecular flexibility index (Phi) is 10.6. The molecule has 1 aliphatic rings. The summed E-state index contributed by atoms with van der Waals surface area (Å²) in [5.41, 5.74) is 1.86. The number of ether oxygens (including phenoxy) is 4. The average Bonchev–Trinajstić information content (AvgIpc) is 3.77. The molecule has 40 heavy (non-hydrogen) atoms. The smallest absolute Gasteiger partial charge is 0.231 e. The summed E-state index contributed by atoms with van der Waals surface area (Å²) in [7, 11) is 4.51. The number of nitrogens with one attached hydrogen (secondary N) is 2. The molecule has 1 saturated carbocycles. The SMILES string of the molecule is COCOc1c(/C=C/C(=O)C2CC2)c(Cc2cnc(NC(=O)C(C)C)nc2NC(=O)C(C)C)cc(OC)c1OC. The molecule has 1 aliphatic carbocycles. The zero-order valence-electron chi connectivity index (χ0n) is 24.1. The highest BCUT2D eigenvalue weighted by molar-refractivity contribution is 5.97. The van der Waals surface area contributed by atoms with Crippen molar-refractivity contribution in [3.63, 3.8) is 0 Å². The van der Waals surface area contributed by atoms with Gasteiger partial charge in [-0.05, 0) is 36.6 Å². The summed E-state index contributed by atoms with van der Waals surface area (Å²) in [6.45, 7) is 6.99. The molecule has 216 valence electrons. The van der Waals surface area contributed by atoms with E-state index in [1.165, 1.54) is 21.3 Å². The highest BCUT2D eigenvalue weighted by atomic mass is 16.7. The zero-order valence-corrected chi connectivity index (χ0v) is 24.1. The molecule has 0 aliphatic heterocycles. The van der Waals surface area contributed by atoms with Crippen molar-refractivity contribution in [2.45, 2.75) is 47.0 Å². The van der Waals surface area contributed by atoms with Crippen molar-refractivity contribution in [3.8, 4) is 17.2 Å². The molecule has 2 amide bonds. The predicted molar refractivity (Wildman–Crippen MR) is 151 cm³/mol. The summed E-state index contributed by atoms with van der Waals surface area (Å²) in [4.78, 5) is 46.2. The Bertz CT molecular complexity index is 1270. The Labute approximate surface area is 234 Å². The minimum Gasteiger partial charge on any atom is -0.493 e. The third-order valence-electron chi connectivity index (χ3n) is 6.24. The van der Waals surface area contributed by atoms with Crippen LogP contribution in [-0.2, 0) is 25.5 Å². The fraction of sp³-hybridized carbons (Fsp3) is 0.483. The topological polar surface area (TPSA) is 138 Å². The molecule has 3 rings (SSSR count). The lowest BCUT2D eigenvalue weighted by atomic mass is 9.97. The number of hydrogen-bond donors (Lipinski definition) is 2. The quantitative estimate of drug-likeness (QED) is 0.259. The maximum atomic E-state index is 12.7. The van der Waals surface area contributed by atoms with E-state index in [2.05, 4.69) is 20.6 Å². The van der Waals surface area contributed by atoms with E-state index in [-0.39, 0.29) is 60.3 Å². The van der Waals surface area contributed by atoms with Gasteiger partial charge in [-0.15, -0.1) is 0 Å². The number of rotatable bonds is 14. The Morgan fingerprint density at radius 2 is 1.65 bits per heavy atom. The average molecular weight is 555 g/mol. The van der Waals surface area contributed by atoms with Crippen LogP contribution in [0.5, 0.6) is 17.2 Å². The number of ketones is 1. The fourth-order valence-corrected chi connectivity index (χ4v) is 3.71. The number of allylic oxidation sites excluding steroid dienone is 1. The molecular formula is C29H38N4O7. The predicted octanol–water partition coefficient (Wildman–Crippen LogP) is 4.25. The number of carbonyl (C=O) groups excluding carboxylic acids is 3. The first-order chi connectivity index (χ1) is 19.1. The van der Waals surface area contributed by atoms with Gasteiger partial charge in [0.15, 0.2) is 24.1 Å². The first-order valence-electron chi connectivity index (χ1n) is 13.2. The number of carbonyl (C=O) groups is 3. The van der Waals surface area contributed by atoms with Crippen LogP contribution in [0.4, 0.5) is 11.8 Å². The maximum Gasteiger partial charge on any atom is 0.231 e. The summed E-state index contributed by atoms with van der Waals surface area (Å²) in [6.07, 6.45) is 6.79. The molecule has 11 heteroatoms. The van der Waals surface area contributed by atoms with Crippen LogP contribution in [0, 0.1) is 17.8 Å². The summed E-state index contributed by atoms with van der Waals surface area (Å²) in [5, 5.41) is 5.52. The molecule has 0 radical (unpaired) electrons. The first kappa shape index (κ1) is 30.6. The Morgan fingerprint density at radius 3 is 2.23 bits per heavy atom. The Hall–Kier alpha value is -3.99. The lowest BCUT2D eigenvalue weighted by molar-refractivity contribution is -0.119. The van der Waals surface area contributed by atoms with Gasteiger partial charge in [0.2, 0.25) is 23.5 Å². The number of methoxy groups -OCH3 is 3. The first-order valence-corrected chi connectivity index (χ1v) is 13.2. The minimum atomic E-state index is -0.307. The van der Waals surface area contributed by atoms with Gasteiger partial charge < -0.3 is 24.3 Å². The van der Waals surface area contributed by atoms with Gasteiger partial charge in [0, 0.05) is 48.6 Å². The van der Waals surface area contributed by atoms with Crippen LogP contribution >= 0.6 is 0 Å². The molecule has 1 aromatic heterocycles. The third kappa shape index (κ3) is 7.78. The Balaban J connectivity index is 2.14. The lowest BCUT2D eigenvalue weighted by Gasteiger charge is -2.20. The number of aromatic nitrogens is 2. The molecule has 0 spiro atoms. The van der Waals surface area contributed by atoms with Gasteiger partial charge >= 0.3 is 0 Å². The van der Waals surface area contributed by atoms with Crippen molar-refractivity contribution in [1.29, 1.82) is 0 Å². The van der Waals surface area contributed by atoms with Crippen LogP contribution in [0.25, 0.3) is 6.08 Å². The molecule has 0 saturated heterocycles. The molecular weight excluding hydrogens is 516 g/mol. The van der Waals surface area contributed by atoms with Crippen molar-refractivity contribution >= 4 is 35.4 Å². The fourth-order valence-electron chi connectivity index (χ4n) is 3.71. The van der Waals surface area contributed by atoms with E-state index in [4.69, 9.17) is 18.9 Å². The number of hydrogen-bond acceptors (Lipinski definition) is 9. The van der Waals surface area contributed by atoms with Gasteiger partial charge in [-0.1, -0.05) is 27.7 Å². The minimum absolute atomic E-state index is 0.0388. The van der Waals surface area contributed by atoms with E-state index in [9.17, 15) is 14.4 Å². The number of nitrogens with zero attached hydrogens (tertiary/aromatic N) is 2. The third-order valence-corrected chi connectivity index (χ3v) is 6.24. The van der Waals surface area contributed by atoms with E-state index in [0.29, 0.717) is 33.9 Å². The Morgan fingerprint density at radius 1 is 0.975 bits per heavy atom. The second kappa shape index (κ2) is 13.9. The van der Waals surface area contributed by atoms with Gasteiger partial charge in [-0.3, -0.25) is 19.7 Å². The van der Waals surface area contributed by atoms with Gasteiger partial charge in [0.05, 0.1) is 14.2 Å². The second-order valence-electron chi connectivity index (χ2n) is 10.1. The van der Waals surface area contributed by atoms with E-state index in [1.54, 1.807) is 52.1 Å². The molecule has 1 aromatic carbocycles. The van der Waals surface area contributed by atoms with Gasteiger partial charge in [-0.25, -0.2) is 4.98 Å². The molecule has 0 bridgehead atoms. The highest BCUT2D eigenvalue weighted by Gasteiger charge is 2.28. The number of anilines is 2.